The summed E-state index contributed by atoms with van der Waals surface area (Å²) in [5.41, 5.74) is 0.575. The van der Waals surface area contributed by atoms with Crippen LogP contribution >= 0.6 is 15.9 Å². The zero-order chi connectivity index (χ0) is 13.1. The number of carbonyl (C=O) groups is 1. The summed E-state index contributed by atoms with van der Waals surface area (Å²) in [6.07, 6.45) is 1.52. The molecule has 2 rings (SSSR count). The highest BCUT2D eigenvalue weighted by atomic mass is 79.9. The largest absolute Gasteiger partial charge is 0.287 e. The Morgan fingerprint density at radius 1 is 1.28 bits per heavy atom. The number of hydrogen-bond acceptors (Lipinski definition) is 4. The number of halogens is 1. The van der Waals surface area contributed by atoms with Gasteiger partial charge in [-0.2, -0.15) is 0 Å². The number of nitro benzene ring substituents is 1. The molecule has 0 aliphatic rings. The van der Waals surface area contributed by atoms with E-state index < -0.39 is 4.92 Å². The van der Waals surface area contributed by atoms with E-state index in [0.29, 0.717) is 15.7 Å². The minimum absolute atomic E-state index is 0.0700. The van der Waals surface area contributed by atoms with E-state index in [2.05, 4.69) is 20.9 Å². The Hall–Kier alpha value is -2.08. The van der Waals surface area contributed by atoms with Crippen molar-refractivity contribution in [3.8, 4) is 0 Å². The van der Waals surface area contributed by atoms with Crippen LogP contribution in [0.2, 0.25) is 0 Å². The van der Waals surface area contributed by atoms with E-state index in [9.17, 15) is 14.9 Å². The molecule has 0 amide bonds. The Balaban J connectivity index is 2.41. The summed E-state index contributed by atoms with van der Waals surface area (Å²) in [6, 6.07) is 9.02. The second kappa shape index (κ2) is 5.05. The van der Waals surface area contributed by atoms with Crippen molar-refractivity contribution in [3.63, 3.8) is 0 Å². The lowest BCUT2D eigenvalue weighted by Crippen LogP contribution is -2.04. The number of rotatable bonds is 3. The third kappa shape index (κ3) is 2.43. The SMILES string of the molecule is O=C(c1ccccn1)c1ccc([N+](=O)[O-])cc1Br. The van der Waals surface area contributed by atoms with Crippen molar-refractivity contribution >= 4 is 27.4 Å². The summed E-state index contributed by atoms with van der Waals surface area (Å²) < 4.78 is 0.382. The number of carbonyl (C=O) groups excluding carboxylic acids is 1. The lowest BCUT2D eigenvalue weighted by atomic mass is 10.1. The molecule has 0 aliphatic carbocycles. The summed E-state index contributed by atoms with van der Waals surface area (Å²) in [7, 11) is 0. The predicted octanol–water partition coefficient (Wildman–Crippen LogP) is 2.98. The number of nitro groups is 1. The lowest BCUT2D eigenvalue weighted by Gasteiger charge is -2.02. The van der Waals surface area contributed by atoms with Gasteiger partial charge in [0.15, 0.2) is 0 Å². The molecule has 1 aromatic carbocycles. The third-order valence-corrected chi connectivity index (χ3v) is 2.96. The maximum atomic E-state index is 12.1. The summed E-state index contributed by atoms with van der Waals surface area (Å²) >= 11 is 3.16. The van der Waals surface area contributed by atoms with E-state index in [1.165, 1.54) is 24.4 Å². The van der Waals surface area contributed by atoms with Gasteiger partial charge in [-0.25, -0.2) is 0 Å². The maximum absolute atomic E-state index is 12.1. The van der Waals surface area contributed by atoms with Crippen LogP contribution in [0.4, 0.5) is 5.69 Å². The van der Waals surface area contributed by atoms with Crippen molar-refractivity contribution in [1.29, 1.82) is 0 Å². The Bertz CT molecular complexity index is 614. The van der Waals surface area contributed by atoms with Crippen LogP contribution in [-0.2, 0) is 0 Å². The summed E-state index contributed by atoms with van der Waals surface area (Å²) in [4.78, 5) is 26.1. The van der Waals surface area contributed by atoms with Gasteiger partial charge in [-0.05, 0) is 34.1 Å². The average Bonchev–Trinajstić information content (AvgIpc) is 2.38. The van der Waals surface area contributed by atoms with Gasteiger partial charge in [-0.3, -0.25) is 19.9 Å². The molecule has 0 bridgehead atoms. The molecule has 90 valence electrons. The fraction of sp³-hybridized carbons (Fsp3) is 0. The minimum Gasteiger partial charge on any atom is -0.287 e. The van der Waals surface area contributed by atoms with Crippen molar-refractivity contribution in [1.82, 2.24) is 4.98 Å². The highest BCUT2D eigenvalue weighted by Crippen LogP contribution is 2.24. The van der Waals surface area contributed by atoms with E-state index in [1.807, 2.05) is 0 Å². The van der Waals surface area contributed by atoms with Crippen LogP contribution < -0.4 is 0 Å². The number of pyridine rings is 1. The van der Waals surface area contributed by atoms with E-state index in [1.54, 1.807) is 18.2 Å². The smallest absolute Gasteiger partial charge is 0.270 e. The molecule has 0 unspecified atom stereocenters. The Morgan fingerprint density at radius 2 is 2.06 bits per heavy atom. The van der Waals surface area contributed by atoms with Crippen LogP contribution in [0.25, 0.3) is 0 Å². The monoisotopic (exact) mass is 306 g/mol. The molecule has 0 saturated carbocycles. The van der Waals surface area contributed by atoms with Crippen LogP contribution in [0.3, 0.4) is 0 Å². The van der Waals surface area contributed by atoms with Gasteiger partial charge < -0.3 is 0 Å². The first-order valence-corrected chi connectivity index (χ1v) is 5.78. The minimum atomic E-state index is -0.514. The third-order valence-electron chi connectivity index (χ3n) is 2.31. The average molecular weight is 307 g/mol. The molecule has 5 nitrogen and oxygen atoms in total. The highest BCUT2D eigenvalue weighted by molar-refractivity contribution is 9.10. The Morgan fingerprint density at radius 3 is 2.61 bits per heavy atom. The van der Waals surface area contributed by atoms with Crippen LogP contribution in [0.1, 0.15) is 16.1 Å². The van der Waals surface area contributed by atoms with Crippen LogP contribution in [0.15, 0.2) is 47.1 Å². The van der Waals surface area contributed by atoms with E-state index in [4.69, 9.17) is 0 Å². The van der Waals surface area contributed by atoms with Crippen molar-refractivity contribution < 1.29 is 9.72 Å². The molecule has 0 saturated heterocycles. The Labute approximate surface area is 111 Å². The molecule has 0 radical (unpaired) electrons. The Kier molecular flexibility index (Phi) is 3.47. The number of benzene rings is 1. The van der Waals surface area contributed by atoms with Gasteiger partial charge >= 0.3 is 0 Å². The van der Waals surface area contributed by atoms with Crippen molar-refractivity contribution in [2.75, 3.05) is 0 Å². The molecule has 0 aliphatic heterocycles. The van der Waals surface area contributed by atoms with Crippen LogP contribution in [0, 0.1) is 10.1 Å². The van der Waals surface area contributed by atoms with Gasteiger partial charge in [0.2, 0.25) is 5.78 Å². The van der Waals surface area contributed by atoms with E-state index in [-0.39, 0.29) is 11.5 Å². The molecule has 2 aromatic rings. The fourth-order valence-corrected chi connectivity index (χ4v) is 1.98. The molecule has 0 spiro atoms. The first-order chi connectivity index (χ1) is 8.59. The zero-order valence-electron chi connectivity index (χ0n) is 9.04. The molecule has 18 heavy (non-hydrogen) atoms. The molecule has 0 N–H and O–H groups in total. The molecule has 0 atom stereocenters. The highest BCUT2D eigenvalue weighted by Gasteiger charge is 2.16. The number of aromatic nitrogens is 1. The van der Waals surface area contributed by atoms with Gasteiger partial charge in [0, 0.05) is 28.4 Å². The quantitative estimate of drug-likeness (QED) is 0.496. The van der Waals surface area contributed by atoms with Crippen LogP contribution in [0.5, 0.6) is 0 Å². The standard InChI is InChI=1S/C12H7BrN2O3/c13-10-7-8(15(17)18)4-5-9(10)12(16)11-3-1-2-6-14-11/h1-7H. The van der Waals surface area contributed by atoms with Gasteiger partial charge in [-0.15, -0.1) is 0 Å². The predicted molar refractivity (Wildman–Crippen MR) is 68.5 cm³/mol. The maximum Gasteiger partial charge on any atom is 0.270 e. The lowest BCUT2D eigenvalue weighted by molar-refractivity contribution is -0.384. The fourth-order valence-electron chi connectivity index (χ4n) is 1.44. The molecule has 1 heterocycles. The zero-order valence-corrected chi connectivity index (χ0v) is 10.6. The number of ketones is 1. The summed E-state index contributed by atoms with van der Waals surface area (Å²) in [5.74, 6) is -0.280. The first-order valence-electron chi connectivity index (χ1n) is 4.99. The number of hydrogen-bond donors (Lipinski definition) is 0. The molecule has 0 fully saturated rings. The topological polar surface area (TPSA) is 73.1 Å². The number of non-ortho nitro benzene ring substituents is 1. The second-order valence-electron chi connectivity index (χ2n) is 3.47. The van der Waals surface area contributed by atoms with Crippen LogP contribution in [-0.4, -0.2) is 15.7 Å². The van der Waals surface area contributed by atoms with Gasteiger partial charge in [0.25, 0.3) is 5.69 Å². The molecular formula is C12H7BrN2O3. The molecular weight excluding hydrogens is 300 g/mol. The molecule has 6 heteroatoms. The van der Waals surface area contributed by atoms with Crippen molar-refractivity contribution in [2.45, 2.75) is 0 Å². The normalized spacial score (nSPS) is 10.1. The van der Waals surface area contributed by atoms with Gasteiger partial charge in [-0.1, -0.05) is 6.07 Å². The van der Waals surface area contributed by atoms with Gasteiger partial charge in [0.05, 0.1) is 4.92 Å². The summed E-state index contributed by atoms with van der Waals surface area (Å²) in [5, 5.41) is 10.6. The van der Waals surface area contributed by atoms with Crippen molar-refractivity contribution in [2.24, 2.45) is 0 Å². The first kappa shape index (κ1) is 12.4. The summed E-state index contributed by atoms with van der Waals surface area (Å²) in [6.45, 7) is 0. The van der Waals surface area contributed by atoms with Gasteiger partial charge in [0.1, 0.15) is 5.69 Å². The van der Waals surface area contributed by atoms with E-state index in [0.717, 1.165) is 0 Å². The molecule has 1 aromatic heterocycles. The van der Waals surface area contributed by atoms with Crippen molar-refractivity contribution in [3.05, 3.63) is 68.4 Å². The second-order valence-corrected chi connectivity index (χ2v) is 4.32. The van der Waals surface area contributed by atoms with E-state index >= 15 is 0 Å². The number of nitrogens with zero attached hydrogens (tertiary/aromatic N) is 2.